The van der Waals surface area contributed by atoms with Crippen molar-refractivity contribution in [1.82, 2.24) is 0 Å². The van der Waals surface area contributed by atoms with Crippen LogP contribution < -0.4 is 9.64 Å². The van der Waals surface area contributed by atoms with Crippen LogP contribution in [0.5, 0.6) is 11.5 Å². The van der Waals surface area contributed by atoms with E-state index in [-0.39, 0.29) is 5.41 Å². The van der Waals surface area contributed by atoms with Crippen molar-refractivity contribution in [2.45, 2.75) is 47.0 Å². The largest absolute Gasteiger partial charge is 0.452 e. The lowest BCUT2D eigenvalue weighted by Crippen LogP contribution is -2.19. The summed E-state index contributed by atoms with van der Waals surface area (Å²) in [5.41, 5.74) is 8.67. The molecule has 0 amide bonds. The van der Waals surface area contributed by atoms with E-state index >= 15 is 0 Å². The van der Waals surface area contributed by atoms with E-state index in [4.69, 9.17) is 4.74 Å². The fourth-order valence-electron chi connectivity index (χ4n) is 4.63. The zero-order valence-electron chi connectivity index (χ0n) is 19.2. The summed E-state index contributed by atoms with van der Waals surface area (Å²) in [6, 6.07) is 24.0. The number of anilines is 3. The third-order valence-electron chi connectivity index (χ3n) is 6.25. The molecule has 2 nitrogen and oxygen atoms in total. The average Bonchev–Trinajstić information content (AvgIpc) is 2.72. The van der Waals surface area contributed by atoms with Gasteiger partial charge < -0.3 is 9.64 Å². The zero-order chi connectivity index (χ0) is 21.9. The predicted octanol–water partition coefficient (Wildman–Crippen LogP) is 8.64. The van der Waals surface area contributed by atoms with E-state index in [9.17, 15) is 0 Å². The van der Waals surface area contributed by atoms with Gasteiger partial charge in [-0.05, 0) is 72.0 Å². The van der Waals surface area contributed by atoms with Gasteiger partial charge in [0, 0.05) is 5.39 Å². The first-order valence-corrected chi connectivity index (χ1v) is 11.0. The molecule has 0 fully saturated rings. The minimum atomic E-state index is 0.113. The number of rotatable bonds is 1. The Morgan fingerprint density at radius 3 is 2.16 bits per heavy atom. The maximum absolute atomic E-state index is 6.51. The molecule has 156 valence electrons. The molecule has 0 aromatic heterocycles. The van der Waals surface area contributed by atoms with E-state index in [0.29, 0.717) is 0 Å². The molecule has 1 heterocycles. The average molecular weight is 408 g/mol. The maximum Gasteiger partial charge on any atom is 0.159 e. The second kappa shape index (κ2) is 6.88. The molecule has 1 aliphatic heterocycles. The van der Waals surface area contributed by atoms with E-state index in [1.165, 1.54) is 33.3 Å². The highest BCUT2D eigenvalue weighted by Gasteiger charge is 2.30. The highest BCUT2D eigenvalue weighted by atomic mass is 16.5. The Balaban J connectivity index is 1.82. The van der Waals surface area contributed by atoms with Crippen molar-refractivity contribution in [3.05, 3.63) is 89.0 Å². The standard InChI is InChI=1S/C29H29NO/c1-18-11-14-26-25(15-18)30(27-19(2)16-22(17-20(27)3)29(4,5)6)24-13-12-21-9-7-8-10-23(21)28(24)31-26/h7-17H,1-6H3. The number of ether oxygens (including phenoxy) is 1. The monoisotopic (exact) mass is 407 g/mol. The molecule has 0 aliphatic carbocycles. The first-order valence-electron chi connectivity index (χ1n) is 11.0. The van der Waals surface area contributed by atoms with Gasteiger partial charge in [-0.1, -0.05) is 69.3 Å². The molecule has 2 heteroatoms. The third kappa shape index (κ3) is 3.18. The molecule has 31 heavy (non-hydrogen) atoms. The Morgan fingerprint density at radius 2 is 1.45 bits per heavy atom. The van der Waals surface area contributed by atoms with E-state index in [2.05, 4.69) is 113 Å². The molecule has 0 N–H and O–H groups in total. The van der Waals surface area contributed by atoms with Crippen molar-refractivity contribution in [3.63, 3.8) is 0 Å². The molecule has 5 rings (SSSR count). The van der Waals surface area contributed by atoms with Gasteiger partial charge in [0.2, 0.25) is 0 Å². The van der Waals surface area contributed by atoms with Crippen molar-refractivity contribution < 1.29 is 4.74 Å². The van der Waals surface area contributed by atoms with Crippen LogP contribution in [-0.4, -0.2) is 0 Å². The first-order chi connectivity index (χ1) is 14.7. The van der Waals surface area contributed by atoms with E-state index in [1.807, 2.05) is 0 Å². The number of hydrogen-bond acceptors (Lipinski definition) is 2. The van der Waals surface area contributed by atoms with Crippen LogP contribution in [0.1, 0.15) is 43.0 Å². The molecule has 1 aliphatic rings. The lowest BCUT2D eigenvalue weighted by molar-refractivity contribution is 0.482. The van der Waals surface area contributed by atoms with Gasteiger partial charge in [0.25, 0.3) is 0 Å². The lowest BCUT2D eigenvalue weighted by atomic mass is 9.84. The van der Waals surface area contributed by atoms with Crippen LogP contribution in [0, 0.1) is 20.8 Å². The molecular weight excluding hydrogens is 378 g/mol. The highest BCUT2D eigenvalue weighted by molar-refractivity contribution is 6.00. The predicted molar refractivity (Wildman–Crippen MR) is 132 cm³/mol. The summed E-state index contributed by atoms with van der Waals surface area (Å²) in [6.45, 7) is 13.4. The van der Waals surface area contributed by atoms with Crippen LogP contribution in [0.2, 0.25) is 0 Å². The van der Waals surface area contributed by atoms with E-state index < -0.39 is 0 Å². The molecule has 0 saturated heterocycles. The van der Waals surface area contributed by atoms with Crippen molar-refractivity contribution >= 4 is 27.8 Å². The minimum absolute atomic E-state index is 0.113. The van der Waals surface area contributed by atoms with Crippen LogP contribution in [0.15, 0.2) is 66.7 Å². The van der Waals surface area contributed by atoms with Crippen molar-refractivity contribution in [2.75, 3.05) is 4.90 Å². The molecule has 4 aromatic rings. The lowest BCUT2D eigenvalue weighted by Gasteiger charge is -2.36. The molecule has 4 aromatic carbocycles. The van der Waals surface area contributed by atoms with Crippen LogP contribution >= 0.6 is 0 Å². The molecule has 0 spiro atoms. The second-order valence-electron chi connectivity index (χ2n) is 9.75. The number of fused-ring (bicyclic) bond motifs is 4. The Morgan fingerprint density at radius 1 is 0.742 bits per heavy atom. The van der Waals surface area contributed by atoms with Gasteiger partial charge >= 0.3 is 0 Å². The minimum Gasteiger partial charge on any atom is -0.452 e. The van der Waals surface area contributed by atoms with Crippen LogP contribution in [0.4, 0.5) is 17.1 Å². The van der Waals surface area contributed by atoms with Crippen molar-refractivity contribution in [1.29, 1.82) is 0 Å². The van der Waals surface area contributed by atoms with Crippen LogP contribution in [-0.2, 0) is 5.41 Å². The maximum atomic E-state index is 6.51. The molecule has 0 unspecified atom stereocenters. The summed E-state index contributed by atoms with van der Waals surface area (Å²) in [4.78, 5) is 2.39. The Kier molecular flexibility index (Phi) is 4.37. The normalized spacial score (nSPS) is 13.0. The summed E-state index contributed by atoms with van der Waals surface area (Å²) in [5.74, 6) is 1.82. The van der Waals surface area contributed by atoms with Crippen LogP contribution in [0.25, 0.3) is 10.8 Å². The fourth-order valence-corrected chi connectivity index (χ4v) is 4.63. The Labute approximate surface area is 185 Å². The number of benzene rings is 4. The van der Waals surface area contributed by atoms with Gasteiger partial charge in [-0.2, -0.15) is 0 Å². The van der Waals surface area contributed by atoms with E-state index in [1.54, 1.807) is 0 Å². The molecule has 0 bridgehead atoms. The van der Waals surface area contributed by atoms with Gasteiger partial charge in [0.15, 0.2) is 11.5 Å². The summed E-state index contributed by atoms with van der Waals surface area (Å²) in [5, 5.41) is 2.33. The zero-order valence-corrected chi connectivity index (χ0v) is 19.2. The Bertz CT molecular complexity index is 1300. The second-order valence-corrected chi connectivity index (χ2v) is 9.75. The van der Waals surface area contributed by atoms with Crippen molar-refractivity contribution in [3.8, 4) is 11.5 Å². The summed E-state index contributed by atoms with van der Waals surface area (Å²) in [6.07, 6.45) is 0. The molecule has 0 atom stereocenters. The topological polar surface area (TPSA) is 12.5 Å². The van der Waals surface area contributed by atoms with Gasteiger partial charge in [-0.3, -0.25) is 0 Å². The summed E-state index contributed by atoms with van der Waals surface area (Å²) < 4.78 is 6.51. The number of hydrogen-bond donors (Lipinski definition) is 0. The number of nitrogens with zero attached hydrogens (tertiary/aromatic N) is 1. The molecular formula is C29H29NO. The number of aryl methyl sites for hydroxylation is 3. The third-order valence-corrected chi connectivity index (χ3v) is 6.25. The molecule has 0 radical (unpaired) electrons. The smallest absolute Gasteiger partial charge is 0.159 e. The van der Waals surface area contributed by atoms with Gasteiger partial charge in [-0.15, -0.1) is 0 Å². The SMILES string of the molecule is Cc1ccc2c(c1)N(c1c(C)cc(C(C)(C)C)cc1C)c1ccc3ccccc3c1O2. The fraction of sp³-hybridized carbons (Fsp3) is 0.241. The van der Waals surface area contributed by atoms with Gasteiger partial charge in [0.1, 0.15) is 0 Å². The highest BCUT2D eigenvalue weighted by Crippen LogP contribution is 2.54. The first kappa shape index (κ1) is 19.7. The van der Waals surface area contributed by atoms with Gasteiger partial charge in [-0.25, -0.2) is 0 Å². The Hall–Kier alpha value is -3.26. The van der Waals surface area contributed by atoms with Crippen LogP contribution in [0.3, 0.4) is 0 Å². The van der Waals surface area contributed by atoms with E-state index in [0.717, 1.165) is 28.3 Å². The molecule has 0 saturated carbocycles. The summed E-state index contributed by atoms with van der Waals surface area (Å²) in [7, 11) is 0. The van der Waals surface area contributed by atoms with Gasteiger partial charge in [0.05, 0.1) is 17.1 Å². The quantitative estimate of drug-likeness (QED) is 0.276. The van der Waals surface area contributed by atoms with Crippen molar-refractivity contribution in [2.24, 2.45) is 0 Å². The summed E-state index contributed by atoms with van der Waals surface area (Å²) >= 11 is 0.